The van der Waals surface area contributed by atoms with Crippen LogP contribution in [0.2, 0.25) is 0 Å². The molecule has 1 aliphatic carbocycles. The van der Waals surface area contributed by atoms with Gasteiger partial charge in [0.05, 0.1) is 6.42 Å². The number of hydrogen-bond acceptors (Lipinski definition) is 2. The zero-order valence-electron chi connectivity index (χ0n) is 11.7. The molecule has 0 radical (unpaired) electrons. The number of ether oxygens (including phenoxy) is 1. The highest BCUT2D eigenvalue weighted by atomic mass is 16.6. The molecule has 1 rings (SSSR count). The molecule has 2 heteroatoms. The average molecular weight is 238 g/mol. The summed E-state index contributed by atoms with van der Waals surface area (Å²) in [6.45, 7) is 8.06. The number of esters is 1. The van der Waals surface area contributed by atoms with Crippen LogP contribution in [0.25, 0.3) is 0 Å². The van der Waals surface area contributed by atoms with E-state index in [0.29, 0.717) is 6.42 Å². The minimum Gasteiger partial charge on any atom is -0.460 e. The van der Waals surface area contributed by atoms with Crippen molar-refractivity contribution in [3.63, 3.8) is 0 Å². The summed E-state index contributed by atoms with van der Waals surface area (Å²) in [6.07, 6.45) is 8.63. The molecule has 0 fully saturated rings. The van der Waals surface area contributed by atoms with Crippen LogP contribution in [0.5, 0.6) is 0 Å². The van der Waals surface area contributed by atoms with Gasteiger partial charge in [0.2, 0.25) is 0 Å². The third-order valence-electron chi connectivity index (χ3n) is 3.08. The molecule has 0 aromatic heterocycles. The molecule has 0 N–H and O–H groups in total. The highest BCUT2D eigenvalue weighted by Gasteiger charge is 2.17. The second-order valence-corrected chi connectivity index (χ2v) is 6.20. The SMILES string of the molecule is CC1CCC=C(CC(=O)OC(C)(C)C)CCC1. The van der Waals surface area contributed by atoms with Crippen LogP contribution in [0, 0.1) is 5.92 Å². The maximum atomic E-state index is 11.7. The first-order chi connectivity index (χ1) is 7.87. The van der Waals surface area contributed by atoms with Crippen LogP contribution in [0.4, 0.5) is 0 Å². The van der Waals surface area contributed by atoms with Crippen molar-refractivity contribution in [1.82, 2.24) is 0 Å². The molecule has 1 unspecified atom stereocenters. The summed E-state index contributed by atoms with van der Waals surface area (Å²) >= 11 is 0. The van der Waals surface area contributed by atoms with E-state index >= 15 is 0 Å². The second kappa shape index (κ2) is 6.23. The topological polar surface area (TPSA) is 26.3 Å². The molecular formula is C15H26O2. The minimum absolute atomic E-state index is 0.0858. The van der Waals surface area contributed by atoms with E-state index in [0.717, 1.165) is 18.8 Å². The highest BCUT2D eigenvalue weighted by molar-refractivity contribution is 5.72. The van der Waals surface area contributed by atoms with E-state index < -0.39 is 0 Å². The molecule has 0 bridgehead atoms. The lowest BCUT2D eigenvalue weighted by atomic mass is 9.92. The Bertz CT molecular complexity index is 284. The fourth-order valence-electron chi connectivity index (χ4n) is 2.22. The summed E-state index contributed by atoms with van der Waals surface area (Å²) in [5.74, 6) is 0.742. The lowest BCUT2D eigenvalue weighted by Crippen LogP contribution is -2.24. The van der Waals surface area contributed by atoms with Gasteiger partial charge in [-0.1, -0.05) is 25.0 Å². The summed E-state index contributed by atoms with van der Waals surface area (Å²) < 4.78 is 5.35. The monoisotopic (exact) mass is 238 g/mol. The molecule has 0 saturated carbocycles. The average Bonchev–Trinajstić information content (AvgIpc) is 2.10. The highest BCUT2D eigenvalue weighted by Crippen LogP contribution is 2.24. The number of hydrogen-bond donors (Lipinski definition) is 0. The quantitative estimate of drug-likeness (QED) is 0.531. The van der Waals surface area contributed by atoms with Crippen LogP contribution in [0.1, 0.15) is 66.2 Å². The minimum atomic E-state index is -0.367. The standard InChI is InChI=1S/C15H26O2/c1-12-7-5-9-13(10-6-8-12)11-14(16)17-15(2,3)4/h9,12H,5-8,10-11H2,1-4H3. The van der Waals surface area contributed by atoms with E-state index in [2.05, 4.69) is 13.0 Å². The van der Waals surface area contributed by atoms with Gasteiger partial charge in [0.25, 0.3) is 0 Å². The molecule has 0 aliphatic heterocycles. The van der Waals surface area contributed by atoms with E-state index in [4.69, 9.17) is 4.74 Å². The fourth-order valence-corrected chi connectivity index (χ4v) is 2.22. The number of carbonyl (C=O) groups is 1. The van der Waals surface area contributed by atoms with Gasteiger partial charge in [-0.15, -0.1) is 0 Å². The Morgan fingerprint density at radius 1 is 1.41 bits per heavy atom. The van der Waals surface area contributed by atoms with Crippen molar-refractivity contribution in [2.75, 3.05) is 0 Å². The van der Waals surface area contributed by atoms with Crippen LogP contribution < -0.4 is 0 Å². The van der Waals surface area contributed by atoms with Gasteiger partial charge in [-0.25, -0.2) is 0 Å². The molecule has 0 amide bonds. The van der Waals surface area contributed by atoms with Crippen molar-refractivity contribution in [2.24, 2.45) is 5.92 Å². The van der Waals surface area contributed by atoms with Crippen LogP contribution >= 0.6 is 0 Å². The van der Waals surface area contributed by atoms with E-state index in [1.165, 1.54) is 24.8 Å². The number of allylic oxidation sites excluding steroid dienone is 1. The first-order valence-electron chi connectivity index (χ1n) is 6.76. The summed E-state index contributed by atoms with van der Waals surface area (Å²) in [6, 6.07) is 0. The molecule has 0 saturated heterocycles. The molecule has 98 valence electrons. The van der Waals surface area contributed by atoms with Gasteiger partial charge in [-0.3, -0.25) is 4.79 Å². The van der Waals surface area contributed by atoms with Gasteiger partial charge in [0.15, 0.2) is 0 Å². The van der Waals surface area contributed by atoms with Gasteiger partial charge in [0, 0.05) is 0 Å². The Morgan fingerprint density at radius 2 is 2.12 bits per heavy atom. The Morgan fingerprint density at radius 3 is 2.76 bits per heavy atom. The molecule has 2 nitrogen and oxygen atoms in total. The predicted molar refractivity (Wildman–Crippen MR) is 70.8 cm³/mol. The second-order valence-electron chi connectivity index (χ2n) is 6.20. The molecule has 0 heterocycles. The maximum Gasteiger partial charge on any atom is 0.310 e. The van der Waals surface area contributed by atoms with Gasteiger partial charge in [-0.2, -0.15) is 0 Å². The maximum absolute atomic E-state index is 11.7. The molecule has 17 heavy (non-hydrogen) atoms. The first kappa shape index (κ1) is 14.3. The van der Waals surface area contributed by atoms with Crippen molar-refractivity contribution >= 4 is 5.97 Å². The Hall–Kier alpha value is -0.790. The van der Waals surface area contributed by atoms with Crippen LogP contribution in [0.3, 0.4) is 0 Å². The van der Waals surface area contributed by atoms with Crippen LogP contribution in [0.15, 0.2) is 11.6 Å². The smallest absolute Gasteiger partial charge is 0.310 e. The zero-order chi connectivity index (χ0) is 12.9. The van der Waals surface area contributed by atoms with Crippen molar-refractivity contribution in [3.8, 4) is 0 Å². The van der Waals surface area contributed by atoms with E-state index in [1.807, 2.05) is 20.8 Å². The molecular weight excluding hydrogens is 212 g/mol. The molecule has 0 spiro atoms. The molecule has 1 aliphatic rings. The molecule has 0 aromatic rings. The van der Waals surface area contributed by atoms with Crippen molar-refractivity contribution in [3.05, 3.63) is 11.6 Å². The van der Waals surface area contributed by atoms with Gasteiger partial charge in [-0.05, 0) is 52.4 Å². The zero-order valence-corrected chi connectivity index (χ0v) is 11.7. The lowest BCUT2D eigenvalue weighted by molar-refractivity contribution is -0.153. The van der Waals surface area contributed by atoms with E-state index in [1.54, 1.807) is 0 Å². The number of rotatable bonds is 2. The Kier molecular flexibility index (Phi) is 5.23. The summed E-state index contributed by atoms with van der Waals surface area (Å²) in [5, 5.41) is 0. The summed E-state index contributed by atoms with van der Waals surface area (Å²) in [5.41, 5.74) is 0.902. The van der Waals surface area contributed by atoms with E-state index in [-0.39, 0.29) is 11.6 Å². The van der Waals surface area contributed by atoms with E-state index in [9.17, 15) is 4.79 Å². The van der Waals surface area contributed by atoms with Gasteiger partial charge >= 0.3 is 5.97 Å². The van der Waals surface area contributed by atoms with Crippen LogP contribution in [-0.4, -0.2) is 11.6 Å². The number of carbonyl (C=O) groups excluding carboxylic acids is 1. The molecule has 0 aromatic carbocycles. The third-order valence-corrected chi connectivity index (χ3v) is 3.08. The summed E-state index contributed by atoms with van der Waals surface area (Å²) in [7, 11) is 0. The lowest BCUT2D eigenvalue weighted by Gasteiger charge is -2.21. The van der Waals surface area contributed by atoms with Crippen LogP contribution in [-0.2, 0) is 9.53 Å². The normalized spacial score (nSPS) is 22.4. The van der Waals surface area contributed by atoms with Gasteiger partial charge < -0.3 is 4.74 Å². The fraction of sp³-hybridized carbons (Fsp3) is 0.800. The first-order valence-corrected chi connectivity index (χ1v) is 6.76. The largest absolute Gasteiger partial charge is 0.460 e. The third kappa shape index (κ3) is 6.50. The summed E-state index contributed by atoms with van der Waals surface area (Å²) in [4.78, 5) is 11.7. The van der Waals surface area contributed by atoms with Gasteiger partial charge in [0.1, 0.15) is 5.60 Å². The van der Waals surface area contributed by atoms with Crippen molar-refractivity contribution in [1.29, 1.82) is 0 Å². The predicted octanol–water partition coefficient (Wildman–Crippen LogP) is 4.24. The Labute approximate surface area is 105 Å². The van der Waals surface area contributed by atoms with Crippen molar-refractivity contribution in [2.45, 2.75) is 71.8 Å². The molecule has 1 atom stereocenters. The van der Waals surface area contributed by atoms with Crippen molar-refractivity contribution < 1.29 is 9.53 Å². The Balaban J connectivity index is 2.44.